The molecule has 10 heteroatoms. The van der Waals surface area contributed by atoms with Gasteiger partial charge in [0, 0.05) is 29.1 Å². The van der Waals surface area contributed by atoms with Gasteiger partial charge in [0.2, 0.25) is 5.91 Å². The number of alkyl carbamates (subject to hydrolysis) is 1. The molecule has 0 saturated carbocycles. The predicted octanol–water partition coefficient (Wildman–Crippen LogP) is 4.53. The zero-order chi connectivity index (χ0) is 25.7. The summed E-state index contributed by atoms with van der Waals surface area (Å²) < 4.78 is 10.7. The summed E-state index contributed by atoms with van der Waals surface area (Å²) in [5.74, 6) is 0.966. The van der Waals surface area contributed by atoms with Gasteiger partial charge in [0.1, 0.15) is 10.8 Å². The van der Waals surface area contributed by atoms with E-state index in [1.54, 1.807) is 13.3 Å². The highest BCUT2D eigenvalue weighted by molar-refractivity contribution is 7.17. The number of nitrogens with two attached hydrogens (primary N) is 1. The molecule has 1 aliphatic carbocycles. The average molecular weight is 512 g/mol. The molecule has 192 valence electrons. The molecule has 0 saturated heterocycles. The summed E-state index contributed by atoms with van der Waals surface area (Å²) in [4.78, 5) is 26.0. The molecule has 2 heterocycles. The number of ether oxygens (including phenoxy) is 2. The van der Waals surface area contributed by atoms with Crippen LogP contribution in [-0.4, -0.2) is 35.9 Å². The lowest BCUT2D eigenvalue weighted by Gasteiger charge is -2.22. The molecule has 3 aromatic rings. The van der Waals surface area contributed by atoms with E-state index in [1.165, 1.54) is 11.3 Å². The molecule has 0 bridgehead atoms. The first-order valence-corrected chi connectivity index (χ1v) is 12.9. The number of carbonyl (C=O) groups excluding carboxylic acids is 2. The Morgan fingerprint density at radius 3 is 2.94 bits per heavy atom. The van der Waals surface area contributed by atoms with Crippen molar-refractivity contribution in [1.29, 1.82) is 0 Å². The number of amides is 2. The summed E-state index contributed by atoms with van der Waals surface area (Å²) in [6.45, 7) is 4.64. The van der Waals surface area contributed by atoms with E-state index in [1.807, 2.05) is 38.1 Å². The lowest BCUT2D eigenvalue weighted by Crippen LogP contribution is -2.27. The SMILES string of the molecule is COc1cccc(C(C)CC(=O)Nc2sc3c(c2N)CCC(COC(=O)NCc2cn[nH]c2C)C3)c1. The van der Waals surface area contributed by atoms with Crippen molar-refractivity contribution in [3.8, 4) is 5.75 Å². The van der Waals surface area contributed by atoms with Crippen molar-refractivity contribution in [2.24, 2.45) is 5.92 Å². The number of aromatic nitrogens is 2. The first-order valence-electron chi connectivity index (χ1n) is 12.1. The summed E-state index contributed by atoms with van der Waals surface area (Å²) in [5, 5.41) is 13.3. The highest BCUT2D eigenvalue weighted by atomic mass is 32.1. The minimum absolute atomic E-state index is 0.0426. The van der Waals surface area contributed by atoms with Crippen LogP contribution < -0.4 is 21.1 Å². The van der Waals surface area contributed by atoms with E-state index in [2.05, 4.69) is 20.8 Å². The van der Waals surface area contributed by atoms with Crippen LogP contribution >= 0.6 is 11.3 Å². The fourth-order valence-electron chi connectivity index (χ4n) is 4.40. The summed E-state index contributed by atoms with van der Waals surface area (Å²) in [5.41, 5.74) is 11.1. The lowest BCUT2D eigenvalue weighted by atomic mass is 9.89. The Hall–Kier alpha value is -3.53. The number of hydrogen-bond donors (Lipinski definition) is 4. The molecule has 5 N–H and O–H groups in total. The van der Waals surface area contributed by atoms with E-state index in [-0.39, 0.29) is 17.7 Å². The van der Waals surface area contributed by atoms with E-state index in [0.29, 0.717) is 30.3 Å². The first-order chi connectivity index (χ1) is 17.3. The molecule has 1 aromatic carbocycles. The molecule has 2 atom stereocenters. The number of carbonyl (C=O) groups is 2. The Labute approximate surface area is 214 Å². The van der Waals surface area contributed by atoms with Gasteiger partial charge in [-0.05, 0) is 61.3 Å². The largest absolute Gasteiger partial charge is 0.497 e. The van der Waals surface area contributed by atoms with Gasteiger partial charge in [-0.2, -0.15) is 5.10 Å². The number of rotatable bonds is 9. The molecule has 0 aliphatic heterocycles. The number of nitrogens with one attached hydrogen (secondary N) is 3. The van der Waals surface area contributed by atoms with Crippen molar-refractivity contribution < 1.29 is 19.1 Å². The number of hydrogen-bond acceptors (Lipinski definition) is 7. The van der Waals surface area contributed by atoms with Crippen LogP contribution in [0.3, 0.4) is 0 Å². The number of H-pyrrole nitrogens is 1. The average Bonchev–Trinajstić information content (AvgIpc) is 3.43. The number of benzene rings is 1. The zero-order valence-corrected chi connectivity index (χ0v) is 21.7. The number of thiophene rings is 1. The fraction of sp³-hybridized carbons (Fsp3) is 0.423. The van der Waals surface area contributed by atoms with E-state index in [4.69, 9.17) is 15.2 Å². The molecule has 2 aromatic heterocycles. The van der Waals surface area contributed by atoms with Crippen molar-refractivity contribution >= 4 is 34.0 Å². The van der Waals surface area contributed by atoms with Crippen molar-refractivity contribution in [3.05, 3.63) is 57.7 Å². The van der Waals surface area contributed by atoms with Gasteiger partial charge < -0.3 is 25.8 Å². The smallest absolute Gasteiger partial charge is 0.407 e. The molecule has 2 unspecified atom stereocenters. The highest BCUT2D eigenvalue weighted by Gasteiger charge is 2.26. The predicted molar refractivity (Wildman–Crippen MR) is 140 cm³/mol. The standard InChI is InChI=1S/C26H33N5O4S/c1-15(18-5-4-6-20(11-18)34-3)9-23(32)30-25-24(27)21-8-7-17(10-22(21)36-25)14-35-26(33)28-12-19-13-29-31-16(19)2/h4-6,11,13,15,17H,7-10,12,14,27H2,1-3H3,(H,28,33)(H,29,31)(H,30,32). The van der Waals surface area contributed by atoms with Crippen molar-refractivity contribution in [3.63, 3.8) is 0 Å². The third-order valence-electron chi connectivity index (χ3n) is 6.62. The summed E-state index contributed by atoms with van der Waals surface area (Å²) in [6.07, 6.45) is 4.05. The molecule has 36 heavy (non-hydrogen) atoms. The maximum atomic E-state index is 12.8. The number of nitrogens with zero attached hydrogens (tertiary/aromatic N) is 1. The molecule has 2 amide bonds. The van der Waals surface area contributed by atoms with Crippen molar-refractivity contribution in [1.82, 2.24) is 15.5 Å². The van der Waals surface area contributed by atoms with Crippen LogP contribution in [0.5, 0.6) is 5.75 Å². The monoisotopic (exact) mass is 511 g/mol. The van der Waals surface area contributed by atoms with Crippen LogP contribution in [0, 0.1) is 12.8 Å². The van der Waals surface area contributed by atoms with E-state index in [9.17, 15) is 9.59 Å². The second-order valence-corrected chi connectivity index (χ2v) is 10.4. The molecule has 9 nitrogen and oxygen atoms in total. The van der Waals surface area contributed by atoms with Gasteiger partial charge in [0.15, 0.2) is 0 Å². The van der Waals surface area contributed by atoms with Crippen molar-refractivity contribution in [2.45, 2.75) is 52.0 Å². The number of methoxy groups -OCH3 is 1. The van der Waals surface area contributed by atoms with Gasteiger partial charge >= 0.3 is 6.09 Å². The molecular weight excluding hydrogens is 478 g/mol. The first kappa shape index (κ1) is 25.6. The van der Waals surface area contributed by atoms with Gasteiger partial charge in [0.25, 0.3) is 0 Å². The molecular formula is C26H33N5O4S. The Bertz CT molecular complexity index is 1220. The van der Waals surface area contributed by atoms with Gasteiger partial charge in [-0.25, -0.2) is 4.79 Å². The van der Waals surface area contributed by atoms with Crippen LogP contribution in [0.4, 0.5) is 15.5 Å². The maximum Gasteiger partial charge on any atom is 0.407 e. The quantitative estimate of drug-likeness (QED) is 0.334. The minimum Gasteiger partial charge on any atom is -0.497 e. The Morgan fingerprint density at radius 2 is 2.19 bits per heavy atom. The van der Waals surface area contributed by atoms with Crippen molar-refractivity contribution in [2.75, 3.05) is 24.8 Å². The number of fused-ring (bicyclic) bond motifs is 1. The second kappa shape index (κ2) is 11.5. The van der Waals surface area contributed by atoms with Gasteiger partial charge in [-0.15, -0.1) is 11.3 Å². The maximum absolute atomic E-state index is 12.8. The van der Waals surface area contributed by atoms with Gasteiger partial charge in [-0.3, -0.25) is 9.89 Å². The summed E-state index contributed by atoms with van der Waals surface area (Å²) in [6, 6.07) is 7.77. The third kappa shape index (κ3) is 6.17. The van der Waals surface area contributed by atoms with E-state index in [0.717, 1.165) is 52.3 Å². The van der Waals surface area contributed by atoms with Crippen LogP contribution in [0.25, 0.3) is 0 Å². The minimum atomic E-state index is -0.440. The number of aryl methyl sites for hydroxylation is 1. The van der Waals surface area contributed by atoms with Crippen LogP contribution in [-0.2, 0) is 28.9 Å². The molecule has 4 rings (SSSR count). The van der Waals surface area contributed by atoms with Crippen LogP contribution in [0.15, 0.2) is 30.5 Å². The van der Waals surface area contributed by atoms with Crippen LogP contribution in [0.1, 0.15) is 52.9 Å². The Balaban J connectivity index is 1.27. The zero-order valence-electron chi connectivity index (χ0n) is 20.8. The van der Waals surface area contributed by atoms with E-state index >= 15 is 0 Å². The highest BCUT2D eigenvalue weighted by Crippen LogP contribution is 2.42. The summed E-state index contributed by atoms with van der Waals surface area (Å²) in [7, 11) is 1.63. The third-order valence-corrected chi connectivity index (χ3v) is 7.81. The molecule has 0 radical (unpaired) electrons. The number of anilines is 2. The lowest BCUT2D eigenvalue weighted by molar-refractivity contribution is -0.116. The number of nitrogen functional groups attached to an aromatic ring is 1. The normalized spacial score (nSPS) is 15.6. The Morgan fingerprint density at radius 1 is 1.36 bits per heavy atom. The molecule has 1 aliphatic rings. The summed E-state index contributed by atoms with van der Waals surface area (Å²) >= 11 is 1.52. The van der Waals surface area contributed by atoms with Crippen LogP contribution in [0.2, 0.25) is 0 Å². The molecule has 0 spiro atoms. The molecule has 0 fully saturated rings. The second-order valence-electron chi connectivity index (χ2n) is 9.26. The van der Waals surface area contributed by atoms with Gasteiger partial charge in [-0.1, -0.05) is 19.1 Å². The topological polar surface area (TPSA) is 131 Å². The van der Waals surface area contributed by atoms with E-state index < -0.39 is 6.09 Å². The Kier molecular flexibility index (Phi) is 8.14. The van der Waals surface area contributed by atoms with Gasteiger partial charge in [0.05, 0.1) is 25.6 Å². The fourth-order valence-corrected chi connectivity index (χ4v) is 5.70. The number of aromatic amines is 1.